The number of methoxy groups -OCH3 is 1. The number of nitrogens with one attached hydrogen (secondary N) is 1. The summed E-state index contributed by atoms with van der Waals surface area (Å²) in [5.74, 6) is 0.908. The number of aromatic nitrogens is 2. The highest BCUT2D eigenvalue weighted by Gasteiger charge is 2.18. The Morgan fingerprint density at radius 2 is 1.96 bits per heavy atom. The number of allylic oxidation sites excluding steroid dienone is 1. The van der Waals surface area contributed by atoms with Gasteiger partial charge in [0.15, 0.2) is 3.70 Å². The zero-order chi connectivity index (χ0) is 17.5. The van der Waals surface area contributed by atoms with Crippen LogP contribution in [-0.2, 0) is 0 Å². The van der Waals surface area contributed by atoms with E-state index in [4.69, 9.17) is 9.47 Å². The third kappa shape index (κ3) is 4.58. The molecule has 6 nitrogen and oxygen atoms in total. The average Bonchev–Trinajstić information content (AvgIpc) is 2.59. The molecule has 2 rings (SSSR count). The summed E-state index contributed by atoms with van der Waals surface area (Å²) in [5.41, 5.74) is 1.49. The zero-order valence-electron chi connectivity index (χ0n) is 13.6. The molecule has 24 heavy (non-hydrogen) atoms. The summed E-state index contributed by atoms with van der Waals surface area (Å²) >= 11 is 2.02. The van der Waals surface area contributed by atoms with Crippen molar-refractivity contribution in [2.75, 3.05) is 12.4 Å². The Balaban J connectivity index is 2.27. The van der Waals surface area contributed by atoms with Crippen molar-refractivity contribution in [1.29, 1.82) is 5.26 Å². The number of hydrogen-bond donors (Lipinski definition) is 1. The number of ether oxygens (including phenoxy) is 2. The van der Waals surface area contributed by atoms with E-state index in [1.807, 2.05) is 72.8 Å². The number of nitrogens with zero attached hydrogens (tertiary/aromatic N) is 3. The average molecular weight is 436 g/mol. The van der Waals surface area contributed by atoms with Gasteiger partial charge in [-0.25, -0.2) is 4.98 Å². The number of para-hydroxylation sites is 1. The highest BCUT2D eigenvalue weighted by atomic mass is 127. The second-order valence-electron chi connectivity index (χ2n) is 5.10. The lowest BCUT2D eigenvalue weighted by molar-refractivity contribution is 0.373. The van der Waals surface area contributed by atoms with Gasteiger partial charge in [0.05, 0.1) is 13.3 Å². The molecule has 0 aliphatic rings. The van der Waals surface area contributed by atoms with E-state index in [2.05, 4.69) is 15.3 Å². The maximum Gasteiger partial charge on any atom is 0.246 e. The van der Waals surface area contributed by atoms with Gasteiger partial charge in [-0.05, 0) is 34.7 Å². The second-order valence-corrected chi connectivity index (χ2v) is 6.12. The first-order valence-corrected chi connectivity index (χ1v) is 8.34. The van der Waals surface area contributed by atoms with E-state index in [-0.39, 0.29) is 11.7 Å². The highest BCUT2D eigenvalue weighted by Crippen LogP contribution is 2.29. The van der Waals surface area contributed by atoms with E-state index in [1.54, 1.807) is 7.11 Å². The van der Waals surface area contributed by atoms with Crippen molar-refractivity contribution in [3.63, 3.8) is 0 Å². The van der Waals surface area contributed by atoms with Gasteiger partial charge in [-0.3, -0.25) is 0 Å². The molecule has 0 saturated heterocycles. The molecule has 0 aliphatic heterocycles. The largest absolute Gasteiger partial charge is 0.479 e. The molecule has 0 bridgehead atoms. The summed E-state index contributed by atoms with van der Waals surface area (Å²) in [5, 5.41) is 12.3. The van der Waals surface area contributed by atoms with Crippen LogP contribution in [0.2, 0.25) is 0 Å². The molecule has 1 aromatic heterocycles. The maximum absolute atomic E-state index is 9.31. The molecule has 0 radical (unpaired) electrons. The minimum Gasteiger partial charge on any atom is -0.479 e. The first kappa shape index (κ1) is 18.0. The van der Waals surface area contributed by atoms with Crippen molar-refractivity contribution < 1.29 is 9.47 Å². The predicted molar refractivity (Wildman–Crippen MR) is 99.8 cm³/mol. The van der Waals surface area contributed by atoms with Crippen LogP contribution in [0.3, 0.4) is 0 Å². The molecule has 0 fully saturated rings. The molecule has 0 atom stereocenters. The van der Waals surface area contributed by atoms with E-state index in [0.29, 0.717) is 21.2 Å². The summed E-state index contributed by atoms with van der Waals surface area (Å²) in [6, 6.07) is 11.5. The number of nitriles is 1. The van der Waals surface area contributed by atoms with Gasteiger partial charge in [-0.2, -0.15) is 10.2 Å². The van der Waals surface area contributed by atoms with Gasteiger partial charge in [-0.1, -0.05) is 32.0 Å². The standard InChI is InChI=1S/C17H17IN4O2/c1-11(2)14-16(22-15(18)17(21-14)23-3)24-13(9-19)10-20-12-7-5-4-6-8-12/h4-8,10-11,20H,1-3H3/b13-10+. The smallest absolute Gasteiger partial charge is 0.246 e. The van der Waals surface area contributed by atoms with Gasteiger partial charge in [0.1, 0.15) is 11.8 Å². The monoisotopic (exact) mass is 436 g/mol. The molecule has 0 aliphatic carbocycles. The van der Waals surface area contributed by atoms with Crippen molar-refractivity contribution in [3.05, 3.63) is 51.7 Å². The van der Waals surface area contributed by atoms with Gasteiger partial charge < -0.3 is 14.8 Å². The Morgan fingerprint density at radius 1 is 1.25 bits per heavy atom. The van der Waals surface area contributed by atoms with Crippen LogP contribution in [-0.4, -0.2) is 17.1 Å². The van der Waals surface area contributed by atoms with Crippen molar-refractivity contribution in [2.24, 2.45) is 0 Å². The molecule has 124 valence electrons. The third-order valence-electron chi connectivity index (χ3n) is 3.02. The minimum absolute atomic E-state index is 0.0698. The van der Waals surface area contributed by atoms with Gasteiger partial charge in [-0.15, -0.1) is 0 Å². The Morgan fingerprint density at radius 3 is 2.54 bits per heavy atom. The van der Waals surface area contributed by atoms with Crippen LogP contribution >= 0.6 is 22.6 Å². The van der Waals surface area contributed by atoms with Crippen molar-refractivity contribution in [3.8, 4) is 17.8 Å². The van der Waals surface area contributed by atoms with Crippen LogP contribution in [0.25, 0.3) is 0 Å². The SMILES string of the molecule is COc1nc(C(C)C)c(O/C(C#N)=C/Nc2ccccc2)nc1I. The number of benzene rings is 1. The molecule has 1 aromatic carbocycles. The predicted octanol–water partition coefficient (Wildman–Crippen LogP) is 4.07. The summed E-state index contributed by atoms with van der Waals surface area (Å²) in [6.07, 6.45) is 1.50. The van der Waals surface area contributed by atoms with Crippen molar-refractivity contribution in [1.82, 2.24) is 9.97 Å². The third-order valence-corrected chi connectivity index (χ3v) is 3.72. The summed E-state index contributed by atoms with van der Waals surface area (Å²) < 4.78 is 11.4. The van der Waals surface area contributed by atoms with E-state index < -0.39 is 0 Å². The van der Waals surface area contributed by atoms with E-state index in [1.165, 1.54) is 6.20 Å². The molecule has 0 amide bonds. The van der Waals surface area contributed by atoms with Crippen molar-refractivity contribution in [2.45, 2.75) is 19.8 Å². The first-order valence-electron chi connectivity index (χ1n) is 7.26. The van der Waals surface area contributed by atoms with Gasteiger partial charge in [0.2, 0.25) is 17.5 Å². The fourth-order valence-corrected chi connectivity index (χ4v) is 2.41. The van der Waals surface area contributed by atoms with Crippen LogP contribution < -0.4 is 14.8 Å². The van der Waals surface area contributed by atoms with Crippen LogP contribution in [0.4, 0.5) is 5.69 Å². The summed E-state index contributed by atoms with van der Waals surface area (Å²) in [6.45, 7) is 3.95. The molecular formula is C17H17IN4O2. The quantitative estimate of drug-likeness (QED) is 0.418. The molecule has 0 unspecified atom stereocenters. The topological polar surface area (TPSA) is 80.1 Å². The van der Waals surface area contributed by atoms with E-state index >= 15 is 0 Å². The Bertz CT molecular complexity index is 770. The van der Waals surface area contributed by atoms with E-state index in [9.17, 15) is 5.26 Å². The number of halogens is 1. The fraction of sp³-hybridized carbons (Fsp3) is 0.235. The minimum atomic E-state index is 0.0698. The number of anilines is 1. The molecule has 0 spiro atoms. The van der Waals surface area contributed by atoms with E-state index in [0.717, 1.165) is 5.69 Å². The summed E-state index contributed by atoms with van der Waals surface area (Å²) in [7, 11) is 1.54. The van der Waals surface area contributed by atoms with Crippen LogP contribution in [0.5, 0.6) is 11.8 Å². The lowest BCUT2D eigenvalue weighted by atomic mass is 10.1. The molecule has 7 heteroatoms. The zero-order valence-corrected chi connectivity index (χ0v) is 15.7. The Hall–Kier alpha value is -2.34. The normalized spacial score (nSPS) is 11.1. The Labute approximate surface area is 154 Å². The summed E-state index contributed by atoms with van der Waals surface area (Å²) in [4.78, 5) is 8.79. The van der Waals surface area contributed by atoms with Crippen molar-refractivity contribution >= 4 is 28.3 Å². The number of rotatable bonds is 6. The Kier molecular flexibility index (Phi) is 6.37. The fourth-order valence-electron chi connectivity index (χ4n) is 1.85. The highest BCUT2D eigenvalue weighted by molar-refractivity contribution is 14.1. The van der Waals surface area contributed by atoms with Gasteiger partial charge >= 0.3 is 0 Å². The molecule has 1 heterocycles. The maximum atomic E-state index is 9.31. The lowest BCUT2D eigenvalue weighted by Gasteiger charge is -2.13. The number of hydrogen-bond acceptors (Lipinski definition) is 6. The van der Waals surface area contributed by atoms with Crippen LogP contribution in [0.1, 0.15) is 25.5 Å². The molecule has 0 saturated carbocycles. The van der Waals surface area contributed by atoms with Crippen LogP contribution in [0, 0.1) is 15.0 Å². The molecule has 1 N–H and O–H groups in total. The first-order chi connectivity index (χ1) is 11.5. The molecule has 2 aromatic rings. The van der Waals surface area contributed by atoms with Gasteiger partial charge in [0.25, 0.3) is 0 Å². The van der Waals surface area contributed by atoms with Crippen LogP contribution in [0.15, 0.2) is 42.3 Å². The van der Waals surface area contributed by atoms with Gasteiger partial charge in [0, 0.05) is 11.6 Å². The molecular weight excluding hydrogens is 419 g/mol. The lowest BCUT2D eigenvalue weighted by Crippen LogP contribution is -2.07. The second kappa shape index (κ2) is 8.49.